The van der Waals surface area contributed by atoms with Gasteiger partial charge in [0.05, 0.1) is 0 Å². The fraction of sp³-hybridized carbons (Fsp3) is 0. The van der Waals surface area contributed by atoms with Crippen molar-refractivity contribution in [2.45, 2.75) is 0 Å². The second kappa shape index (κ2) is 4.28. The van der Waals surface area contributed by atoms with Gasteiger partial charge >= 0.3 is 10.2 Å². The Kier molecular flexibility index (Phi) is 5.45. The first kappa shape index (κ1) is 10.2. The molecule has 0 saturated heterocycles. The molecule has 7 nitrogen and oxygen atoms in total. The van der Waals surface area contributed by atoms with Gasteiger partial charge < -0.3 is 0 Å². The summed E-state index contributed by atoms with van der Waals surface area (Å²) in [5.41, 5.74) is 0. The first-order valence-electron chi connectivity index (χ1n) is 1.10. The maximum absolute atomic E-state index is 8.95. The Morgan fingerprint density at radius 1 is 1.12 bits per heavy atom. The summed E-state index contributed by atoms with van der Waals surface area (Å²) < 4.78 is 0. The second-order valence-corrected chi connectivity index (χ2v) is 0.529. The van der Waals surface area contributed by atoms with Crippen LogP contribution in [0.3, 0.4) is 0 Å². The van der Waals surface area contributed by atoms with Gasteiger partial charge in [0.15, 0.2) is 0 Å². The van der Waals surface area contributed by atoms with Gasteiger partial charge in [-0.3, -0.25) is 0 Å². The Labute approximate surface area is 53.3 Å². The summed E-state index contributed by atoms with van der Waals surface area (Å²) in [7, 11) is 0. The van der Waals surface area contributed by atoms with Crippen LogP contribution in [0, 0.1) is 20.2 Å². The van der Waals surface area contributed by atoms with E-state index < -0.39 is 10.2 Å². The van der Waals surface area contributed by atoms with Crippen LogP contribution in [0.15, 0.2) is 0 Å². The van der Waals surface area contributed by atoms with E-state index in [0.717, 1.165) is 0 Å². The normalized spacial score (nSPS) is 6.50. The molecule has 0 aliphatic rings. The van der Waals surface area contributed by atoms with Gasteiger partial charge in [0.1, 0.15) is 0 Å². The summed E-state index contributed by atoms with van der Waals surface area (Å²) in [6.07, 6.45) is 0. The van der Waals surface area contributed by atoms with Crippen LogP contribution in [0.25, 0.3) is 0 Å². The van der Waals surface area contributed by atoms with Crippen LogP contribution in [0.2, 0.25) is 0 Å². The fourth-order valence-corrected chi connectivity index (χ4v) is 0.0544. The van der Waals surface area contributed by atoms with Crippen molar-refractivity contribution in [1.82, 2.24) is 0 Å². The number of nitrogens with zero attached hydrogens (tertiary/aromatic N) is 2. The van der Waals surface area contributed by atoms with E-state index in [0.29, 0.717) is 0 Å². The SMILES string of the molecule is O=[N+]([O-])O[N+](=O)[O-].[Mn]. The molecule has 8 heavy (non-hydrogen) atoms. The van der Waals surface area contributed by atoms with Gasteiger partial charge in [0.2, 0.25) is 0 Å². The van der Waals surface area contributed by atoms with Crippen LogP contribution in [0.4, 0.5) is 0 Å². The summed E-state index contributed by atoms with van der Waals surface area (Å²) in [4.78, 5) is 20.6. The zero-order valence-electron chi connectivity index (χ0n) is 3.31. The Morgan fingerprint density at radius 3 is 1.38 bits per heavy atom. The van der Waals surface area contributed by atoms with Crippen molar-refractivity contribution in [3.05, 3.63) is 20.2 Å². The van der Waals surface area contributed by atoms with Crippen LogP contribution >= 0.6 is 0 Å². The molecule has 0 rings (SSSR count). The largest absolute Gasteiger partial charge is 0.356 e. The molecule has 0 spiro atoms. The maximum Gasteiger partial charge on any atom is 0.356 e. The van der Waals surface area contributed by atoms with E-state index in [4.69, 9.17) is 20.2 Å². The molecule has 0 aromatic rings. The van der Waals surface area contributed by atoms with Crippen LogP contribution in [0.1, 0.15) is 0 Å². The molecule has 0 fully saturated rings. The van der Waals surface area contributed by atoms with Crippen molar-refractivity contribution in [2.24, 2.45) is 0 Å². The van der Waals surface area contributed by atoms with Crippen molar-refractivity contribution in [3.63, 3.8) is 0 Å². The van der Waals surface area contributed by atoms with Gasteiger partial charge in [-0.25, -0.2) is 0 Å². The van der Waals surface area contributed by atoms with Gasteiger partial charge in [0, 0.05) is 22.0 Å². The van der Waals surface area contributed by atoms with E-state index in [-0.39, 0.29) is 17.1 Å². The van der Waals surface area contributed by atoms with Crippen molar-refractivity contribution in [3.8, 4) is 0 Å². The van der Waals surface area contributed by atoms with Crippen LogP contribution in [-0.4, -0.2) is 10.2 Å². The molecule has 0 unspecified atom stereocenters. The zero-order valence-corrected chi connectivity index (χ0v) is 4.49. The fourth-order valence-electron chi connectivity index (χ4n) is 0.0544. The van der Waals surface area contributed by atoms with E-state index in [2.05, 4.69) is 4.94 Å². The smallest absolute Gasteiger partial charge is 0.105 e. The zero-order chi connectivity index (χ0) is 5.86. The van der Waals surface area contributed by atoms with Gasteiger partial charge in [0.25, 0.3) is 0 Å². The number of rotatable bonds is 2. The minimum absolute atomic E-state index is 0. The van der Waals surface area contributed by atoms with Gasteiger partial charge in [-0.2, -0.15) is 0 Å². The van der Waals surface area contributed by atoms with Crippen molar-refractivity contribution >= 4 is 0 Å². The van der Waals surface area contributed by atoms with E-state index in [1.807, 2.05) is 0 Å². The number of hydrogen-bond acceptors (Lipinski definition) is 5. The molecule has 0 aliphatic heterocycles. The third kappa shape index (κ3) is 8.93. The average molecular weight is 163 g/mol. The second-order valence-electron chi connectivity index (χ2n) is 0.529. The molecule has 0 aromatic carbocycles. The first-order chi connectivity index (χ1) is 3.13. The number of hydrogen-bond donors (Lipinski definition) is 0. The molecule has 0 N–H and O–H groups in total. The molecule has 0 heterocycles. The third-order valence-corrected chi connectivity index (χ3v) is 0.133. The topological polar surface area (TPSA) is 95.5 Å². The van der Waals surface area contributed by atoms with Crippen LogP contribution in [0.5, 0.6) is 0 Å². The molecule has 0 atom stereocenters. The van der Waals surface area contributed by atoms with Crippen molar-refractivity contribution in [2.75, 3.05) is 0 Å². The van der Waals surface area contributed by atoms with E-state index >= 15 is 0 Å². The van der Waals surface area contributed by atoms with Gasteiger partial charge in [-0.1, -0.05) is 0 Å². The predicted molar refractivity (Wildman–Crippen MR) is 15.1 cm³/mol. The molecular formula is MnN2O5. The first-order valence-corrected chi connectivity index (χ1v) is 1.10. The standard InChI is InChI=1S/Mn.N2O5/c;3-1(4)7-2(5)6. The van der Waals surface area contributed by atoms with Crippen molar-refractivity contribution in [1.29, 1.82) is 0 Å². The minimum atomic E-state index is -1.50. The third-order valence-electron chi connectivity index (χ3n) is 0.133. The van der Waals surface area contributed by atoms with E-state index in [1.54, 1.807) is 0 Å². The summed E-state index contributed by atoms with van der Waals surface area (Å²) >= 11 is 0. The summed E-state index contributed by atoms with van der Waals surface area (Å²) in [6, 6.07) is 0. The average Bonchev–Trinajstić information content (AvgIpc) is 1.27. The molecular weight excluding hydrogens is 163 g/mol. The van der Waals surface area contributed by atoms with Gasteiger partial charge in [-0.15, -0.1) is 20.2 Å². The summed E-state index contributed by atoms with van der Waals surface area (Å²) in [6.45, 7) is 0. The quantitative estimate of drug-likeness (QED) is 0.307. The molecule has 0 amide bonds. The molecule has 8 heteroatoms. The Balaban J connectivity index is 0. The molecule has 47 valence electrons. The molecule has 1 radical (unpaired) electrons. The molecule has 0 aromatic heterocycles. The van der Waals surface area contributed by atoms with E-state index in [9.17, 15) is 0 Å². The van der Waals surface area contributed by atoms with E-state index in [1.165, 1.54) is 0 Å². The van der Waals surface area contributed by atoms with Gasteiger partial charge in [-0.05, 0) is 0 Å². The Hall–Kier alpha value is -0.881. The molecule has 0 aliphatic carbocycles. The summed E-state index contributed by atoms with van der Waals surface area (Å²) in [5, 5.41) is 14.9. The monoisotopic (exact) mass is 163 g/mol. The molecule has 0 saturated carbocycles. The Bertz CT molecular complexity index is 86.6. The van der Waals surface area contributed by atoms with Crippen LogP contribution in [-0.2, 0) is 22.0 Å². The minimum Gasteiger partial charge on any atom is -0.105 e. The molecule has 0 bridgehead atoms. The van der Waals surface area contributed by atoms with Crippen LogP contribution < -0.4 is 0 Å². The Morgan fingerprint density at radius 2 is 1.38 bits per heavy atom. The van der Waals surface area contributed by atoms with Crippen molar-refractivity contribution < 1.29 is 32.2 Å². The summed E-state index contributed by atoms with van der Waals surface area (Å²) in [5.74, 6) is 0. The maximum atomic E-state index is 8.95. The predicted octanol–water partition coefficient (Wildman–Crippen LogP) is -0.616.